The summed E-state index contributed by atoms with van der Waals surface area (Å²) in [6, 6.07) is 0. The Morgan fingerprint density at radius 2 is 2.60 bits per heavy atom. The number of H-pyrrole nitrogens is 1. The SMILES string of the molecule is C#CC[C@@H](C)c1nnn[nH]1. The van der Waals surface area contributed by atoms with Crippen molar-refractivity contribution in [1.29, 1.82) is 0 Å². The van der Waals surface area contributed by atoms with E-state index in [-0.39, 0.29) is 5.92 Å². The molecule has 0 fully saturated rings. The van der Waals surface area contributed by atoms with Crippen molar-refractivity contribution < 1.29 is 0 Å². The molecule has 1 aromatic heterocycles. The third-order valence-electron chi connectivity index (χ3n) is 1.25. The quantitative estimate of drug-likeness (QED) is 0.596. The molecular weight excluding hydrogens is 128 g/mol. The average molecular weight is 136 g/mol. The van der Waals surface area contributed by atoms with Gasteiger partial charge in [0.25, 0.3) is 0 Å². The highest BCUT2D eigenvalue weighted by Crippen LogP contribution is 2.10. The van der Waals surface area contributed by atoms with E-state index in [1.54, 1.807) is 0 Å². The lowest BCUT2D eigenvalue weighted by Crippen LogP contribution is -1.94. The van der Waals surface area contributed by atoms with Crippen LogP contribution in [-0.4, -0.2) is 20.6 Å². The molecule has 52 valence electrons. The molecule has 1 heterocycles. The Morgan fingerprint density at radius 1 is 1.80 bits per heavy atom. The lowest BCUT2D eigenvalue weighted by molar-refractivity contribution is 0.727. The molecule has 0 saturated carbocycles. The number of hydrogen-bond donors (Lipinski definition) is 1. The first kappa shape index (κ1) is 6.75. The van der Waals surface area contributed by atoms with Gasteiger partial charge in [-0.05, 0) is 10.4 Å². The molecule has 10 heavy (non-hydrogen) atoms. The second-order valence-corrected chi connectivity index (χ2v) is 2.10. The molecule has 0 radical (unpaired) electrons. The molecule has 0 aliphatic heterocycles. The number of terminal acetylenes is 1. The van der Waals surface area contributed by atoms with Gasteiger partial charge in [0.2, 0.25) is 0 Å². The Hall–Kier alpha value is -1.37. The molecule has 1 atom stereocenters. The molecular formula is C6H8N4. The van der Waals surface area contributed by atoms with Crippen LogP contribution in [0.25, 0.3) is 0 Å². The molecule has 1 aromatic rings. The van der Waals surface area contributed by atoms with Crippen LogP contribution in [0.2, 0.25) is 0 Å². The van der Waals surface area contributed by atoms with Crippen LogP contribution in [0.3, 0.4) is 0 Å². The maximum absolute atomic E-state index is 5.10. The zero-order valence-corrected chi connectivity index (χ0v) is 5.70. The van der Waals surface area contributed by atoms with Crippen molar-refractivity contribution in [2.24, 2.45) is 0 Å². The highest BCUT2D eigenvalue weighted by atomic mass is 15.5. The van der Waals surface area contributed by atoms with Gasteiger partial charge in [-0.3, -0.25) is 0 Å². The van der Waals surface area contributed by atoms with Gasteiger partial charge in [0, 0.05) is 12.3 Å². The average Bonchev–Trinajstić information content (AvgIpc) is 2.38. The molecule has 0 aromatic carbocycles. The van der Waals surface area contributed by atoms with Gasteiger partial charge in [0.05, 0.1) is 0 Å². The van der Waals surface area contributed by atoms with Crippen molar-refractivity contribution in [1.82, 2.24) is 20.6 Å². The fourth-order valence-corrected chi connectivity index (χ4v) is 0.649. The minimum Gasteiger partial charge on any atom is -0.243 e. The first-order valence-electron chi connectivity index (χ1n) is 3.01. The summed E-state index contributed by atoms with van der Waals surface area (Å²) in [6.07, 6.45) is 5.77. The Morgan fingerprint density at radius 3 is 3.10 bits per heavy atom. The molecule has 4 nitrogen and oxygen atoms in total. The largest absolute Gasteiger partial charge is 0.243 e. The van der Waals surface area contributed by atoms with Crippen molar-refractivity contribution in [2.45, 2.75) is 19.3 Å². The van der Waals surface area contributed by atoms with E-state index in [2.05, 4.69) is 26.5 Å². The van der Waals surface area contributed by atoms with Crippen molar-refractivity contribution in [3.63, 3.8) is 0 Å². The van der Waals surface area contributed by atoms with E-state index in [4.69, 9.17) is 6.42 Å². The number of aromatic nitrogens is 4. The Bertz CT molecular complexity index is 220. The zero-order chi connectivity index (χ0) is 7.40. The maximum Gasteiger partial charge on any atom is 0.152 e. The van der Waals surface area contributed by atoms with E-state index in [1.165, 1.54) is 0 Å². The van der Waals surface area contributed by atoms with Crippen LogP contribution in [0, 0.1) is 12.3 Å². The molecule has 0 spiro atoms. The van der Waals surface area contributed by atoms with Crippen LogP contribution >= 0.6 is 0 Å². The third kappa shape index (κ3) is 1.32. The zero-order valence-electron chi connectivity index (χ0n) is 5.70. The topological polar surface area (TPSA) is 54.5 Å². The van der Waals surface area contributed by atoms with Gasteiger partial charge < -0.3 is 0 Å². The summed E-state index contributed by atoms with van der Waals surface area (Å²) in [6.45, 7) is 1.97. The van der Waals surface area contributed by atoms with Gasteiger partial charge in [0.15, 0.2) is 5.82 Å². The van der Waals surface area contributed by atoms with Gasteiger partial charge in [-0.2, -0.15) is 0 Å². The maximum atomic E-state index is 5.10. The summed E-state index contributed by atoms with van der Waals surface area (Å²) in [5.74, 6) is 3.51. The van der Waals surface area contributed by atoms with E-state index in [0.717, 1.165) is 5.82 Å². The lowest BCUT2D eigenvalue weighted by Gasteiger charge is -1.98. The van der Waals surface area contributed by atoms with Gasteiger partial charge in [0.1, 0.15) is 0 Å². The number of nitrogens with one attached hydrogen (secondary N) is 1. The second-order valence-electron chi connectivity index (χ2n) is 2.10. The molecule has 0 saturated heterocycles. The van der Waals surface area contributed by atoms with Crippen molar-refractivity contribution in [2.75, 3.05) is 0 Å². The smallest absolute Gasteiger partial charge is 0.152 e. The van der Waals surface area contributed by atoms with Gasteiger partial charge in [-0.25, -0.2) is 5.10 Å². The van der Waals surface area contributed by atoms with Crippen LogP contribution < -0.4 is 0 Å². The fraction of sp³-hybridized carbons (Fsp3) is 0.500. The highest BCUT2D eigenvalue weighted by molar-refractivity contribution is 4.97. The standard InChI is InChI=1S/C6H8N4/c1-3-4-5(2)6-7-9-10-8-6/h1,5H,4H2,2H3,(H,7,8,9,10)/t5-/m1/s1. The predicted octanol–water partition coefficient (Wildman–Crippen LogP) is 0.326. The Balaban J connectivity index is 2.61. The van der Waals surface area contributed by atoms with Gasteiger partial charge >= 0.3 is 0 Å². The molecule has 0 unspecified atom stereocenters. The van der Waals surface area contributed by atoms with Crippen LogP contribution in [-0.2, 0) is 0 Å². The minimum absolute atomic E-state index is 0.222. The predicted molar refractivity (Wildman–Crippen MR) is 36.0 cm³/mol. The minimum atomic E-state index is 0.222. The number of hydrogen-bond acceptors (Lipinski definition) is 3. The summed E-state index contributed by atoms with van der Waals surface area (Å²) in [4.78, 5) is 0. The van der Waals surface area contributed by atoms with E-state index in [1.807, 2.05) is 6.92 Å². The summed E-state index contributed by atoms with van der Waals surface area (Å²) in [5.41, 5.74) is 0. The van der Waals surface area contributed by atoms with Crippen LogP contribution in [0.15, 0.2) is 0 Å². The summed E-state index contributed by atoms with van der Waals surface area (Å²) < 4.78 is 0. The molecule has 1 N–H and O–H groups in total. The van der Waals surface area contributed by atoms with Crippen LogP contribution in [0.4, 0.5) is 0 Å². The summed E-state index contributed by atoms with van der Waals surface area (Å²) in [5, 5.41) is 13.2. The second kappa shape index (κ2) is 2.97. The number of aromatic amines is 1. The molecule has 1 rings (SSSR count). The molecule has 4 heteroatoms. The first-order chi connectivity index (χ1) is 4.84. The van der Waals surface area contributed by atoms with Crippen LogP contribution in [0.1, 0.15) is 25.1 Å². The molecule has 0 bridgehead atoms. The number of rotatable bonds is 2. The normalized spacial score (nSPS) is 12.4. The Labute approximate surface area is 59.0 Å². The van der Waals surface area contributed by atoms with E-state index in [9.17, 15) is 0 Å². The van der Waals surface area contributed by atoms with E-state index >= 15 is 0 Å². The van der Waals surface area contributed by atoms with Gasteiger partial charge in [-0.1, -0.05) is 6.92 Å². The van der Waals surface area contributed by atoms with E-state index < -0.39 is 0 Å². The lowest BCUT2D eigenvalue weighted by atomic mass is 10.1. The highest BCUT2D eigenvalue weighted by Gasteiger charge is 2.06. The van der Waals surface area contributed by atoms with E-state index in [0.29, 0.717) is 6.42 Å². The fourth-order valence-electron chi connectivity index (χ4n) is 0.649. The monoisotopic (exact) mass is 136 g/mol. The molecule has 0 amide bonds. The van der Waals surface area contributed by atoms with Crippen molar-refractivity contribution in [3.8, 4) is 12.3 Å². The molecule has 0 aliphatic rings. The first-order valence-corrected chi connectivity index (χ1v) is 3.01. The van der Waals surface area contributed by atoms with Gasteiger partial charge in [-0.15, -0.1) is 17.4 Å². The number of nitrogens with zero attached hydrogens (tertiary/aromatic N) is 3. The Kier molecular flexibility index (Phi) is 2.00. The summed E-state index contributed by atoms with van der Waals surface area (Å²) in [7, 11) is 0. The van der Waals surface area contributed by atoms with Crippen LogP contribution in [0.5, 0.6) is 0 Å². The molecule has 0 aliphatic carbocycles. The van der Waals surface area contributed by atoms with Crippen molar-refractivity contribution in [3.05, 3.63) is 5.82 Å². The van der Waals surface area contributed by atoms with Crippen molar-refractivity contribution >= 4 is 0 Å². The third-order valence-corrected chi connectivity index (χ3v) is 1.25. The summed E-state index contributed by atoms with van der Waals surface area (Å²) >= 11 is 0. The number of tetrazole rings is 1.